The maximum Gasteiger partial charge on any atom is 0.252 e. The predicted molar refractivity (Wildman–Crippen MR) is 87.5 cm³/mol. The van der Waals surface area contributed by atoms with Crippen LogP contribution >= 0.6 is 0 Å². The first-order chi connectivity index (χ1) is 11.5. The smallest absolute Gasteiger partial charge is 0.252 e. The van der Waals surface area contributed by atoms with Gasteiger partial charge in [0, 0.05) is 30.5 Å². The topological polar surface area (TPSA) is 82.2 Å². The van der Waals surface area contributed by atoms with Gasteiger partial charge < -0.3 is 5.73 Å². The molecule has 1 aromatic carbocycles. The second-order valence-corrected chi connectivity index (χ2v) is 5.95. The molecule has 2 N–H and O–H groups in total. The van der Waals surface area contributed by atoms with Gasteiger partial charge in [0.2, 0.25) is 0 Å². The fraction of sp³-hybridized carbons (Fsp3) is 0.278. The molecule has 0 saturated heterocycles. The van der Waals surface area contributed by atoms with Crippen LogP contribution in [0.25, 0.3) is 0 Å². The molecular weight excluding hydrogens is 311 g/mol. The number of nitrogens with two attached hydrogens (primary N) is 1. The number of hydrogen-bond acceptors (Lipinski definition) is 4. The van der Waals surface area contributed by atoms with Crippen molar-refractivity contribution in [2.75, 3.05) is 5.73 Å². The molecule has 124 valence electrons. The quantitative estimate of drug-likeness (QED) is 0.878. The zero-order valence-electron chi connectivity index (χ0n) is 13.0. The van der Waals surface area contributed by atoms with E-state index < -0.39 is 5.82 Å². The number of anilines is 1. The molecule has 0 aliphatic heterocycles. The summed E-state index contributed by atoms with van der Waals surface area (Å²) in [6, 6.07) is 7.68. The number of nitrogens with zero attached hydrogens (tertiary/aromatic N) is 1. The van der Waals surface area contributed by atoms with Crippen LogP contribution in [-0.4, -0.2) is 16.1 Å². The molecule has 1 aliphatic rings. The fourth-order valence-corrected chi connectivity index (χ4v) is 3.08. The Morgan fingerprint density at radius 1 is 1.04 bits per heavy atom. The molecule has 24 heavy (non-hydrogen) atoms. The van der Waals surface area contributed by atoms with Gasteiger partial charge in [-0.3, -0.25) is 19.0 Å². The number of carbonyl (C=O) groups is 2. The minimum atomic E-state index is -0.434. The summed E-state index contributed by atoms with van der Waals surface area (Å²) in [7, 11) is 0. The Balaban J connectivity index is 1.99. The van der Waals surface area contributed by atoms with Gasteiger partial charge in [0.25, 0.3) is 5.56 Å². The van der Waals surface area contributed by atoms with Crippen LogP contribution in [0.1, 0.15) is 47.6 Å². The average molecular weight is 328 g/mol. The monoisotopic (exact) mass is 328 g/mol. The number of hydrogen-bond donors (Lipinski definition) is 1. The van der Waals surface area contributed by atoms with Gasteiger partial charge >= 0.3 is 0 Å². The summed E-state index contributed by atoms with van der Waals surface area (Å²) in [6.45, 7) is 0. The van der Waals surface area contributed by atoms with E-state index in [0.717, 1.165) is 0 Å². The Morgan fingerprint density at radius 3 is 2.29 bits per heavy atom. The molecule has 1 aromatic heterocycles. The summed E-state index contributed by atoms with van der Waals surface area (Å²) in [5.74, 6) is -0.530. The van der Waals surface area contributed by atoms with Gasteiger partial charge in [-0.1, -0.05) is 0 Å². The molecular formula is C18H17FN2O3. The van der Waals surface area contributed by atoms with E-state index in [4.69, 9.17) is 5.73 Å². The van der Waals surface area contributed by atoms with E-state index in [2.05, 4.69) is 0 Å². The molecule has 5 nitrogen and oxygen atoms in total. The van der Waals surface area contributed by atoms with E-state index >= 15 is 0 Å². The van der Waals surface area contributed by atoms with E-state index in [-0.39, 0.29) is 34.5 Å². The largest absolute Gasteiger partial charge is 0.384 e. The summed E-state index contributed by atoms with van der Waals surface area (Å²) >= 11 is 0. The molecule has 0 amide bonds. The summed E-state index contributed by atoms with van der Waals surface area (Å²) < 4.78 is 14.4. The van der Waals surface area contributed by atoms with Crippen LogP contribution in [0.5, 0.6) is 0 Å². The molecule has 3 rings (SSSR count). The number of aromatic nitrogens is 1. The minimum absolute atomic E-state index is 0.0937. The number of carbonyl (C=O) groups excluding carboxylic acids is 2. The molecule has 6 heteroatoms. The molecule has 2 aromatic rings. The Kier molecular flexibility index (Phi) is 4.29. The molecule has 0 bridgehead atoms. The second-order valence-electron chi connectivity index (χ2n) is 5.95. The number of Topliss-reactive ketones (excluding diaryl/α,β-unsaturated/α-hetero) is 1. The molecule has 1 fully saturated rings. The maximum absolute atomic E-state index is 13.0. The van der Waals surface area contributed by atoms with Crippen molar-refractivity contribution >= 4 is 17.4 Å². The van der Waals surface area contributed by atoms with Gasteiger partial charge in [0.1, 0.15) is 17.4 Å². The summed E-state index contributed by atoms with van der Waals surface area (Å²) in [5, 5.41) is 0. The van der Waals surface area contributed by atoms with Gasteiger partial charge in [0.15, 0.2) is 5.78 Å². The van der Waals surface area contributed by atoms with Crippen molar-refractivity contribution < 1.29 is 14.0 Å². The predicted octanol–water partition coefficient (Wildman–Crippen LogP) is 2.48. The number of rotatable bonds is 3. The minimum Gasteiger partial charge on any atom is -0.384 e. The zero-order chi connectivity index (χ0) is 17.3. The van der Waals surface area contributed by atoms with Gasteiger partial charge in [-0.2, -0.15) is 0 Å². The van der Waals surface area contributed by atoms with Gasteiger partial charge in [-0.15, -0.1) is 0 Å². The van der Waals surface area contributed by atoms with Crippen LogP contribution in [0.4, 0.5) is 10.2 Å². The number of pyridine rings is 1. The molecule has 0 spiro atoms. The number of nitrogen functional groups attached to an aromatic ring is 1. The standard InChI is InChI=1S/C18H17FN2O3/c19-12-3-1-11(2-4-12)17(24)15-9-10-16(23)21(18(15)20)13-5-7-14(22)8-6-13/h1-4,9-10,13H,5-8,20H2. The third-order valence-corrected chi connectivity index (χ3v) is 4.39. The second kappa shape index (κ2) is 6.39. The summed E-state index contributed by atoms with van der Waals surface area (Å²) in [4.78, 5) is 36.2. The van der Waals surface area contributed by atoms with Gasteiger partial charge in [0.05, 0.1) is 5.56 Å². The Morgan fingerprint density at radius 2 is 1.67 bits per heavy atom. The molecule has 1 aliphatic carbocycles. The lowest BCUT2D eigenvalue weighted by Crippen LogP contribution is -2.31. The SMILES string of the molecule is Nc1c(C(=O)c2ccc(F)cc2)ccc(=O)n1C1CCC(=O)CC1. The van der Waals surface area contributed by atoms with Crippen LogP contribution in [0, 0.1) is 5.82 Å². The third-order valence-electron chi connectivity index (χ3n) is 4.39. The Hall–Kier alpha value is -2.76. The van der Waals surface area contributed by atoms with E-state index in [9.17, 15) is 18.8 Å². The van der Waals surface area contributed by atoms with E-state index in [1.807, 2.05) is 0 Å². The van der Waals surface area contributed by atoms with Gasteiger partial charge in [-0.25, -0.2) is 4.39 Å². The van der Waals surface area contributed by atoms with Crippen molar-refractivity contribution in [3.63, 3.8) is 0 Å². The number of halogens is 1. The van der Waals surface area contributed by atoms with Crippen molar-refractivity contribution in [1.29, 1.82) is 0 Å². The fourth-order valence-electron chi connectivity index (χ4n) is 3.08. The lowest BCUT2D eigenvalue weighted by atomic mass is 9.93. The highest BCUT2D eigenvalue weighted by atomic mass is 19.1. The van der Waals surface area contributed by atoms with E-state index in [1.54, 1.807) is 0 Å². The molecule has 0 unspecified atom stereocenters. The van der Waals surface area contributed by atoms with Crippen molar-refractivity contribution in [3.05, 3.63) is 63.7 Å². The van der Waals surface area contributed by atoms with Crippen LogP contribution in [0.3, 0.4) is 0 Å². The van der Waals surface area contributed by atoms with Crippen molar-refractivity contribution in [3.8, 4) is 0 Å². The lowest BCUT2D eigenvalue weighted by molar-refractivity contribution is -0.120. The first-order valence-corrected chi connectivity index (χ1v) is 7.80. The van der Waals surface area contributed by atoms with E-state index in [1.165, 1.54) is 41.0 Å². The highest BCUT2D eigenvalue weighted by Gasteiger charge is 2.24. The normalized spacial score (nSPS) is 15.5. The third kappa shape index (κ3) is 2.99. The Bertz CT molecular complexity index is 846. The zero-order valence-corrected chi connectivity index (χ0v) is 13.0. The number of ketones is 2. The van der Waals surface area contributed by atoms with Crippen LogP contribution < -0.4 is 11.3 Å². The van der Waals surface area contributed by atoms with Crippen molar-refractivity contribution in [1.82, 2.24) is 4.57 Å². The molecule has 1 heterocycles. The highest BCUT2D eigenvalue weighted by Crippen LogP contribution is 2.28. The Labute approximate surface area is 137 Å². The lowest BCUT2D eigenvalue weighted by Gasteiger charge is -2.25. The maximum atomic E-state index is 13.0. The highest BCUT2D eigenvalue weighted by molar-refractivity contribution is 6.11. The molecule has 1 saturated carbocycles. The van der Waals surface area contributed by atoms with Crippen LogP contribution in [0.2, 0.25) is 0 Å². The first-order valence-electron chi connectivity index (χ1n) is 7.80. The van der Waals surface area contributed by atoms with Crippen molar-refractivity contribution in [2.45, 2.75) is 31.7 Å². The average Bonchev–Trinajstić information content (AvgIpc) is 2.57. The van der Waals surface area contributed by atoms with Crippen molar-refractivity contribution in [2.24, 2.45) is 0 Å². The van der Waals surface area contributed by atoms with Crippen LogP contribution in [-0.2, 0) is 4.79 Å². The van der Waals surface area contributed by atoms with Gasteiger partial charge in [-0.05, 0) is 43.2 Å². The molecule has 0 radical (unpaired) electrons. The molecule has 0 atom stereocenters. The summed E-state index contributed by atoms with van der Waals surface area (Å²) in [6.07, 6.45) is 1.90. The number of benzene rings is 1. The van der Waals surface area contributed by atoms with E-state index in [0.29, 0.717) is 31.2 Å². The van der Waals surface area contributed by atoms with Crippen LogP contribution in [0.15, 0.2) is 41.2 Å². The summed E-state index contributed by atoms with van der Waals surface area (Å²) in [5.41, 5.74) is 6.32. The first kappa shape index (κ1) is 16.1.